The molecule has 0 aliphatic heterocycles. The fraction of sp³-hybridized carbons (Fsp3) is 0.240. The van der Waals surface area contributed by atoms with Crippen molar-refractivity contribution in [2.45, 2.75) is 26.2 Å². The molecule has 0 radical (unpaired) electrons. The predicted octanol–water partition coefficient (Wildman–Crippen LogP) is 4.64. The van der Waals surface area contributed by atoms with E-state index in [1.165, 1.54) is 0 Å². The van der Waals surface area contributed by atoms with Crippen molar-refractivity contribution >= 4 is 11.5 Å². The number of para-hydroxylation sites is 1. The lowest BCUT2D eigenvalue weighted by Crippen LogP contribution is -2.25. The zero-order valence-electron chi connectivity index (χ0n) is 17.3. The number of anilines is 1. The first-order chi connectivity index (χ1) is 14.7. The molecule has 0 heterocycles. The summed E-state index contributed by atoms with van der Waals surface area (Å²) in [7, 11) is 0. The Labute approximate surface area is 178 Å². The van der Waals surface area contributed by atoms with Crippen molar-refractivity contribution in [1.29, 1.82) is 0 Å². The summed E-state index contributed by atoms with van der Waals surface area (Å²) in [5.74, 6) is 1.40. The number of amidine groups is 1. The van der Waals surface area contributed by atoms with E-state index in [2.05, 4.69) is 22.4 Å². The number of rotatable bonds is 11. The van der Waals surface area contributed by atoms with E-state index in [-0.39, 0.29) is 6.10 Å². The van der Waals surface area contributed by atoms with Gasteiger partial charge in [-0.1, -0.05) is 60.7 Å². The van der Waals surface area contributed by atoms with Crippen molar-refractivity contribution in [2.24, 2.45) is 10.7 Å². The molecule has 0 aliphatic carbocycles. The Bertz CT molecular complexity index is 914. The third-order valence-electron chi connectivity index (χ3n) is 4.48. The number of nitrogens with zero attached hydrogens (tertiary/aromatic N) is 1. The van der Waals surface area contributed by atoms with Crippen molar-refractivity contribution in [3.63, 3.8) is 0 Å². The van der Waals surface area contributed by atoms with E-state index in [1.54, 1.807) is 0 Å². The molecule has 1 atom stereocenters. The Morgan fingerprint density at radius 1 is 0.900 bits per heavy atom. The Balaban J connectivity index is 1.40. The molecule has 0 bridgehead atoms. The molecule has 3 rings (SSSR count). The van der Waals surface area contributed by atoms with Gasteiger partial charge in [-0.05, 0) is 42.3 Å². The second-order valence-corrected chi connectivity index (χ2v) is 7.09. The maximum Gasteiger partial charge on any atom is 0.120 e. The zero-order valence-corrected chi connectivity index (χ0v) is 17.3. The number of nitrogens with two attached hydrogens (primary N) is 1. The second kappa shape index (κ2) is 11.6. The van der Waals surface area contributed by atoms with Gasteiger partial charge < -0.3 is 20.5 Å². The van der Waals surface area contributed by atoms with E-state index >= 15 is 0 Å². The SMILES string of the molecule is CC(CN=C(N)CNc1ccccc1)OCc1cccc(OCc2ccccc2)c1. The molecule has 0 saturated heterocycles. The lowest BCUT2D eigenvalue weighted by molar-refractivity contribution is 0.0591. The van der Waals surface area contributed by atoms with Gasteiger partial charge in [0.2, 0.25) is 0 Å². The van der Waals surface area contributed by atoms with Crippen LogP contribution in [0.25, 0.3) is 0 Å². The molecular weight excluding hydrogens is 374 g/mol. The van der Waals surface area contributed by atoms with Crippen LogP contribution in [0.5, 0.6) is 5.75 Å². The Morgan fingerprint density at radius 2 is 1.60 bits per heavy atom. The third kappa shape index (κ3) is 7.60. The minimum atomic E-state index is -0.0332. The highest BCUT2D eigenvalue weighted by Crippen LogP contribution is 2.16. The minimum absolute atomic E-state index is 0.0332. The summed E-state index contributed by atoms with van der Waals surface area (Å²) in [6.07, 6.45) is -0.0332. The number of nitrogens with one attached hydrogen (secondary N) is 1. The van der Waals surface area contributed by atoms with E-state index in [0.29, 0.717) is 32.1 Å². The molecule has 0 spiro atoms. The molecule has 156 valence electrons. The first kappa shape index (κ1) is 21.4. The van der Waals surface area contributed by atoms with E-state index < -0.39 is 0 Å². The van der Waals surface area contributed by atoms with Gasteiger partial charge in [0, 0.05) is 5.69 Å². The van der Waals surface area contributed by atoms with Crippen LogP contribution >= 0.6 is 0 Å². The van der Waals surface area contributed by atoms with Crippen LogP contribution < -0.4 is 15.8 Å². The lowest BCUT2D eigenvalue weighted by atomic mass is 10.2. The molecule has 1 unspecified atom stereocenters. The number of benzene rings is 3. The summed E-state index contributed by atoms with van der Waals surface area (Å²) in [5, 5.41) is 3.25. The largest absolute Gasteiger partial charge is 0.489 e. The summed E-state index contributed by atoms with van der Waals surface area (Å²) in [5.41, 5.74) is 9.22. The Hall–Kier alpha value is -3.31. The molecule has 3 aromatic rings. The van der Waals surface area contributed by atoms with E-state index in [4.69, 9.17) is 15.2 Å². The molecule has 3 N–H and O–H groups in total. The van der Waals surface area contributed by atoms with Gasteiger partial charge in [0.15, 0.2) is 0 Å². The fourth-order valence-corrected chi connectivity index (χ4v) is 2.81. The number of ether oxygens (including phenoxy) is 2. The average Bonchev–Trinajstić information content (AvgIpc) is 2.80. The summed E-state index contributed by atoms with van der Waals surface area (Å²) >= 11 is 0. The highest BCUT2D eigenvalue weighted by atomic mass is 16.5. The van der Waals surface area contributed by atoms with Crippen molar-refractivity contribution in [3.05, 3.63) is 96.1 Å². The zero-order chi connectivity index (χ0) is 21.0. The molecule has 0 amide bonds. The average molecular weight is 404 g/mol. The summed E-state index contributed by atoms with van der Waals surface area (Å²) in [6.45, 7) is 4.08. The molecule has 0 saturated carbocycles. The van der Waals surface area contributed by atoms with Crippen LogP contribution in [0.1, 0.15) is 18.1 Å². The monoisotopic (exact) mass is 403 g/mol. The van der Waals surface area contributed by atoms with Crippen LogP contribution in [0.3, 0.4) is 0 Å². The van der Waals surface area contributed by atoms with Crippen molar-refractivity contribution in [2.75, 3.05) is 18.4 Å². The van der Waals surface area contributed by atoms with Crippen LogP contribution in [0, 0.1) is 0 Å². The molecule has 3 aromatic carbocycles. The molecule has 30 heavy (non-hydrogen) atoms. The third-order valence-corrected chi connectivity index (χ3v) is 4.48. The van der Waals surface area contributed by atoms with Gasteiger partial charge in [-0.2, -0.15) is 0 Å². The fourth-order valence-electron chi connectivity index (χ4n) is 2.81. The van der Waals surface area contributed by atoms with Crippen LogP contribution in [0.15, 0.2) is 89.9 Å². The van der Waals surface area contributed by atoms with Crippen LogP contribution in [-0.4, -0.2) is 25.0 Å². The minimum Gasteiger partial charge on any atom is -0.489 e. The number of aliphatic imine (C=N–C) groups is 1. The van der Waals surface area contributed by atoms with Crippen LogP contribution in [0.4, 0.5) is 5.69 Å². The first-order valence-electron chi connectivity index (χ1n) is 10.1. The summed E-state index contributed by atoms with van der Waals surface area (Å²) in [4.78, 5) is 4.41. The standard InChI is InChI=1S/C25H29N3O2/c1-20(16-28-25(26)17-27-23-12-6-3-7-13-23)29-19-22-11-8-14-24(15-22)30-18-21-9-4-2-5-10-21/h2-15,20,27H,16-19H2,1H3,(H2,26,28). The van der Waals surface area contributed by atoms with Gasteiger partial charge in [-0.3, -0.25) is 4.99 Å². The summed E-state index contributed by atoms with van der Waals surface area (Å²) < 4.78 is 11.8. The van der Waals surface area contributed by atoms with Gasteiger partial charge in [0.05, 0.1) is 25.8 Å². The quantitative estimate of drug-likeness (QED) is 0.361. The molecule has 0 aromatic heterocycles. The number of hydrogen-bond acceptors (Lipinski definition) is 4. The first-order valence-corrected chi connectivity index (χ1v) is 10.1. The normalized spacial score (nSPS) is 12.4. The lowest BCUT2D eigenvalue weighted by Gasteiger charge is -2.13. The molecular formula is C25H29N3O2. The molecule has 5 nitrogen and oxygen atoms in total. The van der Waals surface area contributed by atoms with Gasteiger partial charge in [-0.15, -0.1) is 0 Å². The van der Waals surface area contributed by atoms with Crippen LogP contribution in [0.2, 0.25) is 0 Å². The highest BCUT2D eigenvalue weighted by molar-refractivity contribution is 5.84. The van der Waals surface area contributed by atoms with Crippen LogP contribution in [-0.2, 0) is 18.0 Å². The van der Waals surface area contributed by atoms with E-state index in [0.717, 1.165) is 22.6 Å². The predicted molar refractivity (Wildman–Crippen MR) is 123 cm³/mol. The highest BCUT2D eigenvalue weighted by Gasteiger charge is 2.04. The number of hydrogen-bond donors (Lipinski definition) is 2. The maximum absolute atomic E-state index is 5.99. The van der Waals surface area contributed by atoms with Gasteiger partial charge in [0.25, 0.3) is 0 Å². The van der Waals surface area contributed by atoms with Gasteiger partial charge in [0.1, 0.15) is 18.2 Å². The van der Waals surface area contributed by atoms with E-state index in [9.17, 15) is 0 Å². The smallest absolute Gasteiger partial charge is 0.120 e. The molecule has 0 fully saturated rings. The van der Waals surface area contributed by atoms with Crippen molar-refractivity contribution in [1.82, 2.24) is 0 Å². The Morgan fingerprint density at radius 3 is 2.37 bits per heavy atom. The second-order valence-electron chi connectivity index (χ2n) is 7.09. The molecule has 0 aliphatic rings. The Kier molecular flexibility index (Phi) is 8.30. The van der Waals surface area contributed by atoms with Gasteiger partial charge in [-0.25, -0.2) is 0 Å². The topological polar surface area (TPSA) is 68.9 Å². The van der Waals surface area contributed by atoms with Gasteiger partial charge >= 0.3 is 0 Å². The van der Waals surface area contributed by atoms with Crippen molar-refractivity contribution in [3.8, 4) is 5.75 Å². The molecule has 5 heteroatoms. The maximum atomic E-state index is 5.99. The summed E-state index contributed by atoms with van der Waals surface area (Å²) in [6, 6.07) is 28.0. The van der Waals surface area contributed by atoms with E-state index in [1.807, 2.05) is 79.7 Å². The van der Waals surface area contributed by atoms with Crippen molar-refractivity contribution < 1.29 is 9.47 Å².